The number of hydrogen-bond acceptors (Lipinski definition) is 3. The number of nitrogens with zero attached hydrogens (tertiary/aromatic N) is 1. The maximum Gasteiger partial charge on any atom is 0.237 e. The summed E-state index contributed by atoms with van der Waals surface area (Å²) in [6, 6.07) is 0.0603. The molecule has 0 aromatic heterocycles. The quantitative estimate of drug-likeness (QED) is 0.757. The van der Waals surface area contributed by atoms with E-state index in [0.717, 1.165) is 26.1 Å². The molecule has 2 fully saturated rings. The van der Waals surface area contributed by atoms with Gasteiger partial charge in [0.1, 0.15) is 0 Å². The van der Waals surface area contributed by atoms with Crippen molar-refractivity contribution in [1.29, 1.82) is 0 Å². The van der Waals surface area contributed by atoms with Gasteiger partial charge in [0.05, 0.1) is 6.04 Å². The van der Waals surface area contributed by atoms with Crippen molar-refractivity contribution in [2.24, 2.45) is 5.92 Å². The van der Waals surface area contributed by atoms with Crippen LogP contribution in [0.1, 0.15) is 32.1 Å². The van der Waals surface area contributed by atoms with Crippen LogP contribution in [0, 0.1) is 5.92 Å². The van der Waals surface area contributed by atoms with Crippen LogP contribution in [0.25, 0.3) is 0 Å². The first-order chi connectivity index (χ1) is 8.25. The molecule has 2 aliphatic rings. The summed E-state index contributed by atoms with van der Waals surface area (Å²) in [5, 5.41) is 6.41. The van der Waals surface area contributed by atoms with Crippen LogP contribution in [-0.4, -0.2) is 50.1 Å². The van der Waals surface area contributed by atoms with Gasteiger partial charge in [0.15, 0.2) is 0 Å². The van der Waals surface area contributed by atoms with Gasteiger partial charge in [0.2, 0.25) is 5.91 Å². The van der Waals surface area contributed by atoms with E-state index < -0.39 is 0 Å². The fourth-order valence-corrected chi connectivity index (χ4v) is 2.88. The molecule has 2 rings (SSSR count). The second kappa shape index (κ2) is 6.36. The number of likely N-dealkylation sites (tertiary alicyclic amines) is 1. The van der Waals surface area contributed by atoms with Crippen molar-refractivity contribution in [3.05, 3.63) is 0 Å². The lowest BCUT2D eigenvalue weighted by Crippen LogP contribution is -2.48. The Kier molecular flexibility index (Phi) is 4.80. The van der Waals surface area contributed by atoms with Crippen molar-refractivity contribution in [2.45, 2.75) is 38.1 Å². The fourth-order valence-electron chi connectivity index (χ4n) is 2.88. The highest BCUT2D eigenvalue weighted by Gasteiger charge is 2.22. The smallest absolute Gasteiger partial charge is 0.237 e. The highest BCUT2D eigenvalue weighted by molar-refractivity contribution is 5.81. The van der Waals surface area contributed by atoms with Gasteiger partial charge in [0.25, 0.3) is 0 Å². The van der Waals surface area contributed by atoms with Crippen LogP contribution in [0.3, 0.4) is 0 Å². The fraction of sp³-hybridized carbons (Fsp3) is 0.923. The summed E-state index contributed by atoms with van der Waals surface area (Å²) in [5.41, 5.74) is 0. The molecule has 0 aromatic rings. The summed E-state index contributed by atoms with van der Waals surface area (Å²) in [4.78, 5) is 14.3. The number of carbonyl (C=O) groups is 1. The average Bonchev–Trinajstić information content (AvgIpc) is 2.37. The van der Waals surface area contributed by atoms with Gasteiger partial charge >= 0.3 is 0 Å². The predicted octanol–water partition coefficient (Wildman–Crippen LogP) is 0.587. The zero-order valence-corrected chi connectivity index (χ0v) is 10.9. The van der Waals surface area contributed by atoms with E-state index in [0.29, 0.717) is 5.92 Å². The Balaban J connectivity index is 1.68. The Hall–Kier alpha value is -0.610. The van der Waals surface area contributed by atoms with Crippen LogP contribution in [0.5, 0.6) is 0 Å². The van der Waals surface area contributed by atoms with Crippen molar-refractivity contribution < 1.29 is 4.79 Å². The Bertz CT molecular complexity index is 251. The lowest BCUT2D eigenvalue weighted by molar-refractivity contribution is -0.123. The van der Waals surface area contributed by atoms with E-state index in [9.17, 15) is 4.79 Å². The maximum absolute atomic E-state index is 11.9. The molecule has 0 aliphatic carbocycles. The monoisotopic (exact) mass is 239 g/mol. The molecule has 17 heavy (non-hydrogen) atoms. The predicted molar refractivity (Wildman–Crippen MR) is 68.9 cm³/mol. The third-order valence-electron chi connectivity index (χ3n) is 3.91. The van der Waals surface area contributed by atoms with Crippen LogP contribution in [0.2, 0.25) is 0 Å². The molecule has 2 atom stereocenters. The molecule has 2 N–H and O–H groups in total. The maximum atomic E-state index is 11.9. The largest absolute Gasteiger partial charge is 0.354 e. The molecule has 2 saturated heterocycles. The molecule has 1 amide bonds. The number of amides is 1. The second-order valence-corrected chi connectivity index (χ2v) is 5.52. The van der Waals surface area contributed by atoms with Crippen molar-refractivity contribution >= 4 is 5.91 Å². The molecule has 4 nitrogen and oxygen atoms in total. The van der Waals surface area contributed by atoms with E-state index in [2.05, 4.69) is 22.6 Å². The molecule has 0 bridgehead atoms. The second-order valence-electron chi connectivity index (χ2n) is 5.52. The van der Waals surface area contributed by atoms with E-state index >= 15 is 0 Å². The van der Waals surface area contributed by atoms with Gasteiger partial charge < -0.3 is 15.5 Å². The zero-order chi connectivity index (χ0) is 12.1. The van der Waals surface area contributed by atoms with Crippen molar-refractivity contribution in [3.63, 3.8) is 0 Å². The summed E-state index contributed by atoms with van der Waals surface area (Å²) in [6.45, 7) is 4.17. The van der Waals surface area contributed by atoms with Crippen LogP contribution >= 0.6 is 0 Å². The number of carbonyl (C=O) groups excluding carboxylic acids is 1. The minimum Gasteiger partial charge on any atom is -0.354 e. The molecular weight excluding hydrogens is 214 g/mol. The molecule has 0 aromatic carbocycles. The molecule has 0 spiro atoms. The number of hydrogen-bond donors (Lipinski definition) is 2. The van der Waals surface area contributed by atoms with E-state index in [1.165, 1.54) is 32.2 Å². The van der Waals surface area contributed by atoms with Crippen molar-refractivity contribution in [3.8, 4) is 0 Å². The third kappa shape index (κ3) is 3.96. The van der Waals surface area contributed by atoms with Gasteiger partial charge in [-0.15, -0.1) is 0 Å². The van der Waals surface area contributed by atoms with Crippen molar-refractivity contribution in [1.82, 2.24) is 15.5 Å². The molecule has 4 heteroatoms. The average molecular weight is 239 g/mol. The summed E-state index contributed by atoms with van der Waals surface area (Å²) in [5.74, 6) is 0.846. The van der Waals surface area contributed by atoms with Gasteiger partial charge in [-0.05, 0) is 51.7 Å². The van der Waals surface area contributed by atoms with Gasteiger partial charge in [0, 0.05) is 13.1 Å². The summed E-state index contributed by atoms with van der Waals surface area (Å²) in [6.07, 6.45) is 5.90. The SMILES string of the molecule is CN1CCCC(CNC(=O)[C@@H]2CCCCN2)C1. The Morgan fingerprint density at radius 2 is 2.24 bits per heavy atom. The molecule has 0 saturated carbocycles. The van der Waals surface area contributed by atoms with E-state index in [-0.39, 0.29) is 11.9 Å². The zero-order valence-electron chi connectivity index (χ0n) is 10.9. The Morgan fingerprint density at radius 3 is 2.94 bits per heavy atom. The summed E-state index contributed by atoms with van der Waals surface area (Å²) >= 11 is 0. The highest BCUT2D eigenvalue weighted by Crippen LogP contribution is 2.14. The van der Waals surface area contributed by atoms with E-state index in [1.807, 2.05) is 0 Å². The lowest BCUT2D eigenvalue weighted by atomic mass is 9.98. The number of nitrogens with one attached hydrogen (secondary N) is 2. The minimum atomic E-state index is 0.0603. The summed E-state index contributed by atoms with van der Waals surface area (Å²) in [7, 11) is 2.16. The topological polar surface area (TPSA) is 44.4 Å². The first-order valence-corrected chi connectivity index (χ1v) is 6.95. The van der Waals surface area contributed by atoms with E-state index in [1.54, 1.807) is 0 Å². The van der Waals surface area contributed by atoms with Gasteiger partial charge in [-0.3, -0.25) is 4.79 Å². The normalized spacial score (nSPS) is 31.1. The molecule has 1 unspecified atom stereocenters. The van der Waals surface area contributed by atoms with Crippen molar-refractivity contribution in [2.75, 3.05) is 33.2 Å². The molecular formula is C13H25N3O. The number of rotatable bonds is 3. The minimum absolute atomic E-state index is 0.0603. The molecule has 2 aliphatic heterocycles. The van der Waals surface area contributed by atoms with E-state index in [4.69, 9.17) is 0 Å². The third-order valence-corrected chi connectivity index (χ3v) is 3.91. The van der Waals surface area contributed by atoms with Crippen LogP contribution in [-0.2, 0) is 4.79 Å². The highest BCUT2D eigenvalue weighted by atomic mass is 16.2. The van der Waals surface area contributed by atoms with Gasteiger partial charge in [-0.1, -0.05) is 6.42 Å². The Labute approximate surface area is 104 Å². The lowest BCUT2D eigenvalue weighted by Gasteiger charge is -2.30. The molecule has 2 heterocycles. The van der Waals surface area contributed by atoms with Gasteiger partial charge in [-0.2, -0.15) is 0 Å². The Morgan fingerprint density at radius 1 is 1.35 bits per heavy atom. The molecule has 98 valence electrons. The standard InChI is InChI=1S/C13H25N3O/c1-16-8-4-5-11(10-16)9-15-13(17)12-6-2-3-7-14-12/h11-12,14H,2-10H2,1H3,(H,15,17)/t11?,12-/m0/s1. The molecule has 0 radical (unpaired) electrons. The number of piperidine rings is 2. The van der Waals surface area contributed by atoms with Crippen LogP contribution < -0.4 is 10.6 Å². The van der Waals surface area contributed by atoms with Crippen LogP contribution in [0.4, 0.5) is 0 Å². The van der Waals surface area contributed by atoms with Crippen LogP contribution in [0.15, 0.2) is 0 Å². The first-order valence-electron chi connectivity index (χ1n) is 6.95. The van der Waals surface area contributed by atoms with Gasteiger partial charge in [-0.25, -0.2) is 0 Å². The summed E-state index contributed by atoms with van der Waals surface area (Å²) < 4.78 is 0. The first kappa shape index (κ1) is 12.8.